The molecule has 0 bridgehead atoms. The first-order chi connectivity index (χ1) is 8.33. The first-order valence-electron chi connectivity index (χ1n) is 6.82. The molecule has 1 unspecified atom stereocenters. The minimum atomic E-state index is -0.351. The molecule has 1 saturated carbocycles. The number of hydrogen-bond acceptors (Lipinski definition) is 4. The highest BCUT2D eigenvalue weighted by Gasteiger charge is 2.16. The van der Waals surface area contributed by atoms with E-state index in [9.17, 15) is 5.11 Å². The molecule has 102 valence electrons. The van der Waals surface area contributed by atoms with Gasteiger partial charge in [-0.1, -0.05) is 12.8 Å². The highest BCUT2D eigenvalue weighted by atomic mass is 32.2. The molecule has 1 fully saturated rings. The first-order valence-corrected chi connectivity index (χ1v) is 8.21. The largest absolute Gasteiger partial charge is 0.389 e. The summed E-state index contributed by atoms with van der Waals surface area (Å²) in [7, 11) is 0. The zero-order chi connectivity index (χ0) is 12.3. The van der Waals surface area contributed by atoms with Gasteiger partial charge in [-0.15, -0.1) is 0 Å². The fraction of sp³-hybridized carbons (Fsp3) is 1.00. The van der Waals surface area contributed by atoms with Gasteiger partial charge in [0.1, 0.15) is 0 Å². The van der Waals surface area contributed by atoms with Crippen molar-refractivity contribution < 1.29 is 9.84 Å². The SMILES string of the molecule is CSCCCCNCC(O)COC1CCCC1. The molecule has 1 rings (SSSR count). The Kier molecular flexibility index (Phi) is 9.16. The number of thioether (sulfide) groups is 1. The lowest BCUT2D eigenvalue weighted by Gasteiger charge is -2.15. The highest BCUT2D eigenvalue weighted by Crippen LogP contribution is 2.20. The van der Waals surface area contributed by atoms with Gasteiger partial charge < -0.3 is 15.2 Å². The van der Waals surface area contributed by atoms with E-state index < -0.39 is 0 Å². The van der Waals surface area contributed by atoms with Crippen molar-refractivity contribution in [2.24, 2.45) is 0 Å². The third-order valence-corrected chi connectivity index (χ3v) is 3.86. The van der Waals surface area contributed by atoms with Gasteiger partial charge in [0.05, 0.1) is 18.8 Å². The summed E-state index contributed by atoms with van der Waals surface area (Å²) in [5, 5.41) is 13.0. The van der Waals surface area contributed by atoms with Gasteiger partial charge in [-0.25, -0.2) is 0 Å². The van der Waals surface area contributed by atoms with Gasteiger partial charge in [-0.05, 0) is 44.2 Å². The van der Waals surface area contributed by atoms with Gasteiger partial charge in [0, 0.05) is 6.54 Å². The third-order valence-electron chi connectivity index (χ3n) is 3.16. The Morgan fingerprint density at radius 1 is 1.35 bits per heavy atom. The molecular weight excluding hydrogens is 234 g/mol. The Hall–Kier alpha value is 0.230. The number of ether oxygens (including phenoxy) is 1. The molecule has 3 nitrogen and oxygen atoms in total. The quantitative estimate of drug-likeness (QED) is 0.591. The van der Waals surface area contributed by atoms with Crippen molar-refractivity contribution in [3.8, 4) is 0 Å². The Morgan fingerprint density at radius 2 is 2.12 bits per heavy atom. The van der Waals surface area contributed by atoms with E-state index in [-0.39, 0.29) is 6.10 Å². The van der Waals surface area contributed by atoms with Gasteiger partial charge in [0.25, 0.3) is 0 Å². The standard InChI is InChI=1S/C13H27NO2S/c1-17-9-5-4-8-14-10-12(15)11-16-13-6-2-3-7-13/h12-15H,2-11H2,1H3. The molecule has 0 spiro atoms. The van der Waals surface area contributed by atoms with Crippen LogP contribution in [0.15, 0.2) is 0 Å². The topological polar surface area (TPSA) is 41.5 Å². The van der Waals surface area contributed by atoms with E-state index in [0.717, 1.165) is 6.54 Å². The van der Waals surface area contributed by atoms with Crippen LogP contribution in [0, 0.1) is 0 Å². The van der Waals surface area contributed by atoms with Crippen LogP contribution in [-0.2, 0) is 4.74 Å². The molecule has 0 aliphatic heterocycles. The molecule has 17 heavy (non-hydrogen) atoms. The molecule has 0 amide bonds. The molecule has 1 aliphatic rings. The van der Waals surface area contributed by atoms with Gasteiger partial charge >= 0.3 is 0 Å². The van der Waals surface area contributed by atoms with E-state index in [4.69, 9.17) is 4.74 Å². The fourth-order valence-corrected chi connectivity index (χ4v) is 2.62. The van der Waals surface area contributed by atoms with Crippen LogP contribution in [0.2, 0.25) is 0 Å². The van der Waals surface area contributed by atoms with Gasteiger partial charge in [-0.3, -0.25) is 0 Å². The van der Waals surface area contributed by atoms with Crippen LogP contribution in [0.4, 0.5) is 0 Å². The molecule has 0 saturated heterocycles. The maximum absolute atomic E-state index is 9.72. The van der Waals surface area contributed by atoms with Gasteiger partial charge in [0.15, 0.2) is 0 Å². The summed E-state index contributed by atoms with van der Waals surface area (Å²) in [6.07, 6.45) is 9.56. The Morgan fingerprint density at radius 3 is 2.82 bits per heavy atom. The molecule has 1 aliphatic carbocycles. The summed E-state index contributed by atoms with van der Waals surface area (Å²) in [5.74, 6) is 1.23. The van der Waals surface area contributed by atoms with E-state index in [1.807, 2.05) is 11.8 Å². The maximum atomic E-state index is 9.72. The molecule has 0 aromatic carbocycles. The predicted molar refractivity (Wildman–Crippen MR) is 74.7 cm³/mol. The van der Waals surface area contributed by atoms with E-state index in [1.165, 1.54) is 44.3 Å². The first kappa shape index (κ1) is 15.3. The van der Waals surface area contributed by atoms with E-state index in [1.54, 1.807) is 0 Å². The molecule has 0 radical (unpaired) electrons. The third kappa shape index (κ3) is 8.03. The minimum Gasteiger partial charge on any atom is -0.389 e. The molecule has 0 heterocycles. The minimum absolute atomic E-state index is 0.351. The van der Waals surface area contributed by atoms with E-state index in [0.29, 0.717) is 19.3 Å². The average Bonchev–Trinajstić information content (AvgIpc) is 2.84. The van der Waals surface area contributed by atoms with Crippen molar-refractivity contribution in [3.63, 3.8) is 0 Å². The molecule has 0 aromatic heterocycles. The average molecular weight is 261 g/mol. The summed E-state index contributed by atoms with van der Waals surface area (Å²) >= 11 is 1.89. The lowest BCUT2D eigenvalue weighted by molar-refractivity contribution is -0.00534. The number of unbranched alkanes of at least 4 members (excludes halogenated alkanes) is 1. The van der Waals surface area contributed by atoms with Gasteiger partial charge in [-0.2, -0.15) is 11.8 Å². The van der Waals surface area contributed by atoms with E-state index >= 15 is 0 Å². The number of aliphatic hydroxyl groups excluding tert-OH is 1. The zero-order valence-corrected chi connectivity index (χ0v) is 11.8. The highest BCUT2D eigenvalue weighted by molar-refractivity contribution is 7.98. The van der Waals surface area contributed by atoms with Gasteiger partial charge in [0.2, 0.25) is 0 Å². The van der Waals surface area contributed by atoms with Crippen LogP contribution >= 0.6 is 11.8 Å². The summed E-state index contributed by atoms with van der Waals surface area (Å²) in [6.45, 7) is 2.15. The van der Waals surface area contributed by atoms with Crippen LogP contribution in [0.1, 0.15) is 38.5 Å². The molecule has 2 N–H and O–H groups in total. The number of aliphatic hydroxyl groups is 1. The van der Waals surface area contributed by atoms with Crippen molar-refractivity contribution >= 4 is 11.8 Å². The number of hydrogen-bond donors (Lipinski definition) is 2. The molecule has 4 heteroatoms. The second-order valence-electron chi connectivity index (χ2n) is 4.80. The summed E-state index contributed by atoms with van der Waals surface area (Å²) in [4.78, 5) is 0. The summed E-state index contributed by atoms with van der Waals surface area (Å²) < 4.78 is 5.67. The van der Waals surface area contributed by atoms with Crippen molar-refractivity contribution in [1.29, 1.82) is 0 Å². The van der Waals surface area contributed by atoms with Crippen LogP contribution in [0.3, 0.4) is 0 Å². The Bertz CT molecular complexity index is 175. The Balaban J connectivity index is 1.85. The Labute approximate surface area is 110 Å². The monoisotopic (exact) mass is 261 g/mol. The fourth-order valence-electron chi connectivity index (χ4n) is 2.13. The van der Waals surface area contributed by atoms with Crippen molar-refractivity contribution in [1.82, 2.24) is 5.32 Å². The molecule has 1 atom stereocenters. The summed E-state index contributed by atoms with van der Waals surface area (Å²) in [6, 6.07) is 0. The predicted octanol–water partition coefficient (Wildman–Crippen LogP) is 2.04. The van der Waals surface area contributed by atoms with Crippen LogP contribution in [0.25, 0.3) is 0 Å². The van der Waals surface area contributed by atoms with Crippen LogP contribution in [-0.4, -0.2) is 49.0 Å². The second kappa shape index (κ2) is 10.2. The smallest absolute Gasteiger partial charge is 0.0897 e. The summed E-state index contributed by atoms with van der Waals surface area (Å²) in [5.41, 5.74) is 0. The maximum Gasteiger partial charge on any atom is 0.0897 e. The van der Waals surface area contributed by atoms with Crippen LogP contribution < -0.4 is 5.32 Å². The van der Waals surface area contributed by atoms with Crippen molar-refractivity contribution in [3.05, 3.63) is 0 Å². The second-order valence-corrected chi connectivity index (χ2v) is 5.78. The zero-order valence-electron chi connectivity index (χ0n) is 11.0. The van der Waals surface area contributed by atoms with Crippen molar-refractivity contribution in [2.75, 3.05) is 31.7 Å². The number of nitrogens with one attached hydrogen (secondary N) is 1. The normalized spacial score (nSPS) is 18.7. The number of rotatable bonds is 10. The lowest BCUT2D eigenvalue weighted by atomic mass is 10.3. The van der Waals surface area contributed by atoms with Crippen molar-refractivity contribution in [2.45, 2.75) is 50.7 Å². The van der Waals surface area contributed by atoms with Crippen LogP contribution in [0.5, 0.6) is 0 Å². The molecule has 0 aromatic rings. The molecular formula is C13H27NO2S. The lowest BCUT2D eigenvalue weighted by Crippen LogP contribution is -2.32. The van der Waals surface area contributed by atoms with E-state index in [2.05, 4.69) is 11.6 Å².